The predicted molar refractivity (Wildman–Crippen MR) is 46.2 cm³/mol. The van der Waals surface area contributed by atoms with E-state index in [9.17, 15) is 0 Å². The van der Waals surface area contributed by atoms with E-state index >= 15 is 0 Å². The lowest BCUT2D eigenvalue weighted by atomic mass is 10.0. The number of aliphatic hydroxyl groups excluding tert-OH is 1. The van der Waals surface area contributed by atoms with Crippen molar-refractivity contribution in [2.75, 3.05) is 0 Å². The molecule has 0 aliphatic heterocycles. The molecule has 1 rings (SSSR count). The molecule has 1 radical (unpaired) electrons. The Morgan fingerprint density at radius 2 is 1.91 bits per heavy atom. The van der Waals surface area contributed by atoms with Gasteiger partial charge >= 0.3 is 0 Å². The first kappa shape index (κ1) is 8.28. The summed E-state index contributed by atoms with van der Waals surface area (Å²) in [6.07, 6.45) is -0.603. The average molecular weight is 149 g/mol. The number of hydrogen-bond acceptors (Lipinski definition) is 1. The first-order valence-corrected chi connectivity index (χ1v) is 3.69. The highest BCUT2D eigenvalue weighted by Gasteiger charge is 2.00. The first-order valence-electron chi connectivity index (χ1n) is 3.69. The van der Waals surface area contributed by atoms with Crippen LogP contribution in [-0.4, -0.2) is 5.11 Å². The second-order valence-electron chi connectivity index (χ2n) is 2.86. The molecule has 1 atom stereocenters. The summed E-state index contributed by atoms with van der Waals surface area (Å²) in [5, 5.41) is 9.13. The van der Waals surface area contributed by atoms with Crippen LogP contribution in [0.4, 0.5) is 0 Å². The molecule has 11 heavy (non-hydrogen) atoms. The molecular weight excluding hydrogens is 136 g/mol. The third kappa shape index (κ3) is 1.81. The Kier molecular flexibility index (Phi) is 2.30. The van der Waals surface area contributed by atoms with Crippen LogP contribution in [0, 0.1) is 20.8 Å². The van der Waals surface area contributed by atoms with Crippen LogP contribution < -0.4 is 0 Å². The van der Waals surface area contributed by atoms with Crippen molar-refractivity contribution < 1.29 is 5.11 Å². The van der Waals surface area contributed by atoms with Gasteiger partial charge in [0.15, 0.2) is 0 Å². The molecular formula is C10H13O. The monoisotopic (exact) mass is 149 g/mol. The molecule has 0 bridgehead atoms. The molecule has 1 aromatic rings. The molecule has 0 heterocycles. The highest BCUT2D eigenvalue weighted by atomic mass is 16.3. The Morgan fingerprint density at radius 3 is 2.36 bits per heavy atom. The molecule has 1 nitrogen and oxygen atoms in total. The lowest BCUT2D eigenvalue weighted by Gasteiger charge is -2.06. The van der Waals surface area contributed by atoms with E-state index < -0.39 is 6.10 Å². The second-order valence-corrected chi connectivity index (χ2v) is 2.86. The van der Waals surface area contributed by atoms with Crippen molar-refractivity contribution in [3.05, 3.63) is 41.8 Å². The lowest BCUT2D eigenvalue weighted by molar-refractivity contribution is 0.226. The Morgan fingerprint density at radius 1 is 1.27 bits per heavy atom. The highest BCUT2D eigenvalue weighted by Crippen LogP contribution is 2.15. The molecule has 0 saturated heterocycles. The van der Waals surface area contributed by atoms with E-state index in [2.05, 4.69) is 13.8 Å². The van der Waals surface area contributed by atoms with Crippen molar-refractivity contribution in [2.45, 2.75) is 20.0 Å². The standard InChI is InChI=1S/C10H13O/c1-7-4-5-10(9(3)11)6-8(7)2/h4-6,9,11H,3H2,1-2H3. The maximum absolute atomic E-state index is 9.13. The largest absolute Gasteiger partial charge is 0.388 e. The van der Waals surface area contributed by atoms with Crippen LogP contribution >= 0.6 is 0 Å². The molecule has 1 unspecified atom stereocenters. The zero-order chi connectivity index (χ0) is 8.43. The lowest BCUT2D eigenvalue weighted by Crippen LogP contribution is -1.92. The van der Waals surface area contributed by atoms with Crippen molar-refractivity contribution >= 4 is 0 Å². The minimum absolute atomic E-state index is 0.603. The van der Waals surface area contributed by atoms with Crippen LogP contribution in [0.1, 0.15) is 22.8 Å². The van der Waals surface area contributed by atoms with Gasteiger partial charge in [-0.1, -0.05) is 18.2 Å². The highest BCUT2D eigenvalue weighted by molar-refractivity contribution is 5.31. The maximum Gasteiger partial charge on any atom is 0.0791 e. The van der Waals surface area contributed by atoms with Gasteiger partial charge in [0.25, 0.3) is 0 Å². The summed E-state index contributed by atoms with van der Waals surface area (Å²) in [6, 6.07) is 5.87. The quantitative estimate of drug-likeness (QED) is 0.648. The van der Waals surface area contributed by atoms with Gasteiger partial charge in [0.05, 0.1) is 6.10 Å². The zero-order valence-electron chi connectivity index (χ0n) is 6.96. The van der Waals surface area contributed by atoms with Gasteiger partial charge in [0.2, 0.25) is 0 Å². The molecule has 1 N–H and O–H groups in total. The van der Waals surface area contributed by atoms with Gasteiger partial charge in [-0.3, -0.25) is 0 Å². The fraction of sp³-hybridized carbons (Fsp3) is 0.300. The molecule has 0 saturated carbocycles. The summed E-state index contributed by atoms with van der Waals surface area (Å²) in [4.78, 5) is 0. The Bertz CT molecular complexity index is 251. The SMILES string of the molecule is [CH2]C(O)c1ccc(C)c(C)c1. The van der Waals surface area contributed by atoms with Crippen LogP contribution in [0.3, 0.4) is 0 Å². The normalized spacial score (nSPS) is 13.1. The Balaban J connectivity index is 3.05. The van der Waals surface area contributed by atoms with Crippen LogP contribution in [0.15, 0.2) is 18.2 Å². The van der Waals surface area contributed by atoms with Gasteiger partial charge in [-0.25, -0.2) is 0 Å². The molecule has 0 aromatic heterocycles. The van der Waals surface area contributed by atoms with Gasteiger partial charge < -0.3 is 5.11 Å². The van der Waals surface area contributed by atoms with Crippen molar-refractivity contribution in [1.82, 2.24) is 0 Å². The summed E-state index contributed by atoms with van der Waals surface area (Å²) in [6.45, 7) is 7.61. The molecule has 1 aromatic carbocycles. The van der Waals surface area contributed by atoms with E-state index in [0.717, 1.165) is 5.56 Å². The van der Waals surface area contributed by atoms with Gasteiger partial charge in [-0.15, -0.1) is 0 Å². The molecule has 0 aliphatic carbocycles. The first-order chi connectivity index (χ1) is 5.11. The van der Waals surface area contributed by atoms with Gasteiger partial charge in [-0.2, -0.15) is 0 Å². The summed E-state index contributed by atoms with van der Waals surface area (Å²) < 4.78 is 0. The topological polar surface area (TPSA) is 20.2 Å². The molecule has 0 spiro atoms. The number of rotatable bonds is 1. The van der Waals surface area contributed by atoms with E-state index in [0.29, 0.717) is 0 Å². The minimum atomic E-state index is -0.603. The van der Waals surface area contributed by atoms with Crippen molar-refractivity contribution in [2.24, 2.45) is 0 Å². The Labute approximate surface area is 67.7 Å². The average Bonchev–Trinajstić information content (AvgIpc) is 1.94. The fourth-order valence-corrected chi connectivity index (χ4v) is 0.972. The number of benzene rings is 1. The van der Waals surface area contributed by atoms with Gasteiger partial charge in [0, 0.05) is 0 Å². The molecule has 0 fully saturated rings. The van der Waals surface area contributed by atoms with Crippen molar-refractivity contribution in [3.63, 3.8) is 0 Å². The summed E-state index contributed by atoms with van der Waals surface area (Å²) in [5.41, 5.74) is 3.33. The molecule has 59 valence electrons. The van der Waals surface area contributed by atoms with Crippen LogP contribution in [-0.2, 0) is 0 Å². The Hall–Kier alpha value is -0.820. The van der Waals surface area contributed by atoms with Crippen molar-refractivity contribution in [1.29, 1.82) is 0 Å². The number of hydrogen-bond donors (Lipinski definition) is 1. The smallest absolute Gasteiger partial charge is 0.0791 e. The maximum atomic E-state index is 9.13. The summed E-state index contributed by atoms with van der Waals surface area (Å²) in [7, 11) is 0. The van der Waals surface area contributed by atoms with E-state index in [-0.39, 0.29) is 0 Å². The molecule has 0 aliphatic rings. The summed E-state index contributed by atoms with van der Waals surface area (Å²) >= 11 is 0. The minimum Gasteiger partial charge on any atom is -0.388 e. The third-order valence-electron chi connectivity index (χ3n) is 1.92. The van der Waals surface area contributed by atoms with Gasteiger partial charge in [0.1, 0.15) is 0 Å². The van der Waals surface area contributed by atoms with E-state index in [1.54, 1.807) is 0 Å². The van der Waals surface area contributed by atoms with Crippen molar-refractivity contribution in [3.8, 4) is 0 Å². The van der Waals surface area contributed by atoms with E-state index in [4.69, 9.17) is 5.11 Å². The zero-order valence-corrected chi connectivity index (χ0v) is 6.96. The van der Waals surface area contributed by atoms with Crippen LogP contribution in [0.2, 0.25) is 0 Å². The number of aliphatic hydroxyl groups is 1. The number of aryl methyl sites for hydroxylation is 2. The van der Waals surface area contributed by atoms with Crippen LogP contribution in [0.25, 0.3) is 0 Å². The van der Waals surface area contributed by atoms with Gasteiger partial charge in [-0.05, 0) is 37.5 Å². The van der Waals surface area contributed by atoms with E-state index in [1.165, 1.54) is 11.1 Å². The second kappa shape index (κ2) is 3.05. The predicted octanol–water partition coefficient (Wildman–Crippen LogP) is 2.17. The molecule has 0 amide bonds. The fourth-order valence-electron chi connectivity index (χ4n) is 0.972. The van der Waals surface area contributed by atoms with E-state index in [1.807, 2.05) is 25.1 Å². The molecule has 1 heteroatoms. The third-order valence-corrected chi connectivity index (χ3v) is 1.92. The summed E-state index contributed by atoms with van der Waals surface area (Å²) in [5.74, 6) is 0. The van der Waals surface area contributed by atoms with Crippen LogP contribution in [0.5, 0.6) is 0 Å².